The number of halogens is 1. The Kier molecular flexibility index (Phi) is 11.3. The van der Waals surface area contributed by atoms with Gasteiger partial charge in [0.25, 0.3) is 0 Å². The third kappa shape index (κ3) is 7.67. The first-order valence-corrected chi connectivity index (χ1v) is 12.0. The van der Waals surface area contributed by atoms with Crippen molar-refractivity contribution in [2.75, 3.05) is 52.9 Å². The molecule has 0 spiro atoms. The van der Waals surface area contributed by atoms with Gasteiger partial charge in [0.05, 0.1) is 6.04 Å². The Bertz CT molecular complexity index is 586. The van der Waals surface area contributed by atoms with Crippen LogP contribution in [0.15, 0.2) is 22.5 Å². The van der Waals surface area contributed by atoms with E-state index in [1.807, 2.05) is 18.4 Å². The second kappa shape index (κ2) is 13.1. The molecule has 1 aromatic heterocycles. The first-order chi connectivity index (χ1) is 13.7. The van der Waals surface area contributed by atoms with Gasteiger partial charge in [-0.2, -0.15) is 0 Å². The predicted molar refractivity (Wildman–Crippen MR) is 137 cm³/mol. The first-order valence-electron chi connectivity index (χ1n) is 11.1. The van der Waals surface area contributed by atoms with Crippen molar-refractivity contribution in [3.05, 3.63) is 22.4 Å². The second-order valence-corrected chi connectivity index (χ2v) is 9.52. The number of nitrogens with zero attached hydrogens (tertiary/aromatic N) is 3. The molecule has 5 nitrogen and oxygen atoms in total. The van der Waals surface area contributed by atoms with Gasteiger partial charge in [-0.05, 0) is 75.1 Å². The van der Waals surface area contributed by atoms with Gasteiger partial charge in [0.15, 0.2) is 5.96 Å². The van der Waals surface area contributed by atoms with Gasteiger partial charge in [0.1, 0.15) is 0 Å². The molecule has 2 aliphatic rings. The van der Waals surface area contributed by atoms with Gasteiger partial charge in [-0.1, -0.05) is 19.9 Å². The van der Waals surface area contributed by atoms with E-state index in [1.165, 1.54) is 63.3 Å². The molecule has 29 heavy (non-hydrogen) atoms. The Morgan fingerprint density at radius 2 is 2.03 bits per heavy atom. The van der Waals surface area contributed by atoms with E-state index in [4.69, 9.17) is 0 Å². The van der Waals surface area contributed by atoms with Crippen molar-refractivity contribution < 1.29 is 0 Å². The molecule has 2 saturated heterocycles. The Morgan fingerprint density at radius 3 is 2.69 bits per heavy atom. The van der Waals surface area contributed by atoms with E-state index in [0.717, 1.165) is 30.9 Å². The Morgan fingerprint density at radius 1 is 1.24 bits per heavy atom. The molecule has 2 fully saturated rings. The Hall–Kier alpha value is -0.380. The van der Waals surface area contributed by atoms with Crippen molar-refractivity contribution >= 4 is 41.3 Å². The van der Waals surface area contributed by atoms with Crippen LogP contribution in [0.2, 0.25) is 0 Å². The van der Waals surface area contributed by atoms with Crippen LogP contribution >= 0.6 is 35.3 Å². The number of nitrogens with one attached hydrogen (secondary N) is 2. The third-order valence-electron chi connectivity index (χ3n) is 6.29. The van der Waals surface area contributed by atoms with Crippen LogP contribution in [-0.2, 0) is 0 Å². The zero-order valence-corrected chi connectivity index (χ0v) is 21.5. The van der Waals surface area contributed by atoms with Crippen LogP contribution in [0.3, 0.4) is 0 Å². The van der Waals surface area contributed by atoms with Gasteiger partial charge in [-0.15, -0.1) is 35.3 Å². The number of guanidine groups is 1. The highest BCUT2D eigenvalue weighted by Gasteiger charge is 2.26. The molecule has 1 aromatic rings. The minimum absolute atomic E-state index is 0. The molecule has 0 bridgehead atoms. The molecule has 0 saturated carbocycles. The van der Waals surface area contributed by atoms with E-state index in [2.05, 4.69) is 56.8 Å². The summed E-state index contributed by atoms with van der Waals surface area (Å²) >= 11 is 1.88. The lowest BCUT2D eigenvalue weighted by atomic mass is 9.97. The number of thiophene rings is 1. The lowest BCUT2D eigenvalue weighted by Crippen LogP contribution is -2.46. The number of piperidine rings is 1. The molecule has 0 amide bonds. The average Bonchev–Trinajstić information content (AvgIpc) is 3.38. The Labute approximate surface area is 198 Å². The molecule has 166 valence electrons. The minimum Gasteiger partial charge on any atom is -0.356 e. The third-order valence-corrected chi connectivity index (χ3v) is 7.26. The van der Waals surface area contributed by atoms with E-state index in [-0.39, 0.29) is 24.0 Å². The monoisotopic (exact) mass is 533 g/mol. The maximum absolute atomic E-state index is 4.48. The van der Waals surface area contributed by atoms with Crippen LogP contribution in [0.1, 0.15) is 50.4 Å². The number of hydrogen-bond donors (Lipinski definition) is 2. The summed E-state index contributed by atoms with van der Waals surface area (Å²) in [5, 5.41) is 9.40. The van der Waals surface area contributed by atoms with E-state index in [1.54, 1.807) is 0 Å². The normalized spacial score (nSPS) is 23.0. The van der Waals surface area contributed by atoms with Crippen molar-refractivity contribution in [2.45, 2.75) is 45.6 Å². The van der Waals surface area contributed by atoms with Gasteiger partial charge < -0.3 is 15.5 Å². The van der Waals surface area contributed by atoms with Crippen molar-refractivity contribution in [1.29, 1.82) is 0 Å². The Balaban J connectivity index is 0.00000300. The summed E-state index contributed by atoms with van der Waals surface area (Å²) in [6.07, 6.45) is 5.17. The fourth-order valence-corrected chi connectivity index (χ4v) is 5.35. The summed E-state index contributed by atoms with van der Waals surface area (Å²) in [5.41, 5.74) is 0. The lowest BCUT2D eigenvalue weighted by Gasteiger charge is -2.36. The van der Waals surface area contributed by atoms with Crippen LogP contribution < -0.4 is 10.6 Å². The quantitative estimate of drug-likeness (QED) is 0.301. The molecule has 2 aliphatic heterocycles. The maximum Gasteiger partial charge on any atom is 0.191 e. The summed E-state index contributed by atoms with van der Waals surface area (Å²) in [6, 6.07) is 4.90. The molecule has 2 atom stereocenters. The van der Waals surface area contributed by atoms with Crippen LogP contribution in [0.25, 0.3) is 0 Å². The summed E-state index contributed by atoms with van der Waals surface area (Å²) in [7, 11) is 1.89. The molecular formula is C22H40IN5S. The van der Waals surface area contributed by atoms with E-state index in [9.17, 15) is 0 Å². The van der Waals surface area contributed by atoms with Gasteiger partial charge in [-0.3, -0.25) is 9.89 Å². The standard InChI is InChI=1S/C22H39N5S.HI/c1-4-10-26-11-9-19(17-26)15-24-22(23-3)25-16-20(21-6-5-14-28-21)27-12-7-18(2)8-13-27;/h5-6,14,18-20H,4,7-13,15-17H2,1-3H3,(H2,23,24,25);1H. The van der Waals surface area contributed by atoms with Gasteiger partial charge in [-0.25, -0.2) is 0 Å². The maximum atomic E-state index is 4.48. The van der Waals surface area contributed by atoms with Crippen molar-refractivity contribution in [3.63, 3.8) is 0 Å². The first kappa shape index (κ1) is 24.9. The highest BCUT2D eigenvalue weighted by atomic mass is 127. The molecule has 2 unspecified atom stereocenters. The highest BCUT2D eigenvalue weighted by molar-refractivity contribution is 14.0. The van der Waals surface area contributed by atoms with E-state index < -0.39 is 0 Å². The second-order valence-electron chi connectivity index (χ2n) is 8.54. The van der Waals surface area contributed by atoms with Crippen LogP contribution in [-0.4, -0.2) is 68.6 Å². The molecule has 2 N–H and O–H groups in total. The summed E-state index contributed by atoms with van der Waals surface area (Å²) in [4.78, 5) is 11.2. The van der Waals surface area contributed by atoms with Crippen molar-refractivity contribution in [1.82, 2.24) is 20.4 Å². The molecule has 0 aliphatic carbocycles. The summed E-state index contributed by atoms with van der Waals surface area (Å²) < 4.78 is 0. The van der Waals surface area contributed by atoms with Crippen LogP contribution in [0, 0.1) is 11.8 Å². The van der Waals surface area contributed by atoms with Gasteiger partial charge in [0.2, 0.25) is 0 Å². The molecule has 0 aromatic carbocycles. The highest BCUT2D eigenvalue weighted by Crippen LogP contribution is 2.29. The SMILES string of the molecule is CCCN1CCC(CNC(=NC)NCC(c2cccs2)N2CCC(C)CC2)C1.I. The van der Waals surface area contributed by atoms with Gasteiger partial charge >= 0.3 is 0 Å². The van der Waals surface area contributed by atoms with Crippen LogP contribution in [0.5, 0.6) is 0 Å². The van der Waals surface area contributed by atoms with Gasteiger partial charge in [0, 0.05) is 31.6 Å². The molecule has 0 radical (unpaired) electrons. The summed E-state index contributed by atoms with van der Waals surface area (Å²) in [6.45, 7) is 12.7. The zero-order valence-electron chi connectivity index (χ0n) is 18.4. The minimum atomic E-state index is 0. The predicted octanol–water partition coefficient (Wildman–Crippen LogP) is 4.04. The molecule has 3 rings (SSSR count). The summed E-state index contributed by atoms with van der Waals surface area (Å²) in [5.74, 6) is 2.55. The average molecular weight is 534 g/mol. The van der Waals surface area contributed by atoms with Crippen molar-refractivity contribution in [3.8, 4) is 0 Å². The van der Waals surface area contributed by atoms with E-state index in [0.29, 0.717) is 6.04 Å². The number of rotatable bonds is 8. The lowest BCUT2D eigenvalue weighted by molar-refractivity contribution is 0.140. The molecular weight excluding hydrogens is 493 g/mol. The number of likely N-dealkylation sites (tertiary alicyclic amines) is 2. The van der Waals surface area contributed by atoms with E-state index >= 15 is 0 Å². The van der Waals surface area contributed by atoms with Crippen molar-refractivity contribution in [2.24, 2.45) is 16.8 Å². The zero-order chi connectivity index (χ0) is 19.8. The fourth-order valence-electron chi connectivity index (χ4n) is 4.48. The number of aliphatic imine (C=N–C) groups is 1. The fraction of sp³-hybridized carbons (Fsp3) is 0.773. The molecule has 7 heteroatoms. The largest absolute Gasteiger partial charge is 0.356 e. The topological polar surface area (TPSA) is 42.9 Å². The molecule has 3 heterocycles. The smallest absolute Gasteiger partial charge is 0.191 e. The van der Waals surface area contributed by atoms with Crippen LogP contribution in [0.4, 0.5) is 0 Å². The number of hydrogen-bond acceptors (Lipinski definition) is 4.